The Kier molecular flexibility index (Phi) is 5.43. The number of urea groups is 1. The average Bonchev–Trinajstić information content (AvgIpc) is 2.63. The largest absolute Gasteiger partial charge is 0.335 e. The van der Waals surface area contributed by atoms with Crippen LogP contribution in [0.3, 0.4) is 0 Å². The van der Waals surface area contributed by atoms with Crippen LogP contribution in [0.2, 0.25) is 0 Å². The fourth-order valence-electron chi connectivity index (χ4n) is 2.97. The lowest BCUT2D eigenvalue weighted by Gasteiger charge is -2.29. The smallest absolute Gasteiger partial charge is 0.315 e. The van der Waals surface area contributed by atoms with Crippen LogP contribution in [0.1, 0.15) is 18.4 Å². The van der Waals surface area contributed by atoms with Crippen molar-refractivity contribution in [3.05, 3.63) is 54.4 Å². The van der Waals surface area contributed by atoms with E-state index in [1.54, 1.807) is 6.20 Å². The van der Waals surface area contributed by atoms with E-state index < -0.39 is 0 Å². The van der Waals surface area contributed by atoms with Gasteiger partial charge in [-0.3, -0.25) is 4.98 Å². The number of nitrogens with one attached hydrogen (secondary N) is 2. The molecule has 24 heavy (non-hydrogen) atoms. The van der Waals surface area contributed by atoms with Crippen LogP contribution in [-0.4, -0.2) is 42.1 Å². The van der Waals surface area contributed by atoms with Crippen molar-refractivity contribution in [3.63, 3.8) is 0 Å². The number of rotatable bonds is 4. The van der Waals surface area contributed by atoms with Gasteiger partial charge in [-0.05, 0) is 61.8 Å². The number of hydrogen-bond acceptors (Lipinski definition) is 3. The highest BCUT2D eigenvalue weighted by molar-refractivity contribution is 5.74. The van der Waals surface area contributed by atoms with Crippen molar-refractivity contribution in [3.8, 4) is 11.1 Å². The number of pyridine rings is 1. The summed E-state index contributed by atoms with van der Waals surface area (Å²) < 4.78 is 0. The normalized spacial score (nSPS) is 15.9. The molecule has 1 aliphatic heterocycles. The molecule has 3 rings (SSSR count). The summed E-state index contributed by atoms with van der Waals surface area (Å²) in [6, 6.07) is 12.3. The first-order chi connectivity index (χ1) is 11.7. The molecule has 1 fully saturated rings. The van der Waals surface area contributed by atoms with E-state index in [1.807, 2.05) is 30.5 Å². The molecule has 0 bridgehead atoms. The van der Waals surface area contributed by atoms with Crippen molar-refractivity contribution in [2.24, 2.45) is 0 Å². The minimum atomic E-state index is -0.0867. The number of carbonyl (C=O) groups is 1. The predicted molar refractivity (Wildman–Crippen MR) is 95.6 cm³/mol. The van der Waals surface area contributed by atoms with E-state index in [2.05, 4.69) is 39.7 Å². The standard InChI is InChI=1S/C19H24N4O/c1-23-10-7-18(8-11-23)22-19(24)21-13-15-4-2-5-16(12-15)17-6-3-9-20-14-17/h2-6,9,12,14,18H,7-8,10-11,13H2,1H3,(H2,21,22,24). The van der Waals surface area contributed by atoms with Crippen molar-refractivity contribution in [1.29, 1.82) is 0 Å². The second kappa shape index (κ2) is 7.93. The van der Waals surface area contributed by atoms with Crippen LogP contribution in [0.4, 0.5) is 4.79 Å². The maximum absolute atomic E-state index is 12.1. The minimum Gasteiger partial charge on any atom is -0.335 e. The van der Waals surface area contributed by atoms with Gasteiger partial charge in [-0.2, -0.15) is 0 Å². The summed E-state index contributed by atoms with van der Waals surface area (Å²) in [6.45, 7) is 2.60. The summed E-state index contributed by atoms with van der Waals surface area (Å²) in [5.41, 5.74) is 3.27. The van der Waals surface area contributed by atoms with Crippen LogP contribution in [-0.2, 0) is 6.54 Å². The number of benzene rings is 1. The van der Waals surface area contributed by atoms with E-state index in [4.69, 9.17) is 0 Å². The van der Waals surface area contributed by atoms with Crippen LogP contribution in [0, 0.1) is 0 Å². The first kappa shape index (κ1) is 16.5. The van der Waals surface area contributed by atoms with Gasteiger partial charge in [0.05, 0.1) is 0 Å². The SMILES string of the molecule is CN1CCC(NC(=O)NCc2cccc(-c3cccnc3)c2)CC1. The van der Waals surface area contributed by atoms with Gasteiger partial charge in [-0.25, -0.2) is 4.79 Å². The molecule has 0 saturated carbocycles. The van der Waals surface area contributed by atoms with E-state index in [9.17, 15) is 4.79 Å². The van der Waals surface area contributed by atoms with Crippen molar-refractivity contribution in [2.45, 2.75) is 25.4 Å². The summed E-state index contributed by atoms with van der Waals surface area (Å²) in [5.74, 6) is 0. The lowest BCUT2D eigenvalue weighted by molar-refractivity contribution is 0.213. The number of amides is 2. The lowest BCUT2D eigenvalue weighted by Crippen LogP contribution is -2.46. The van der Waals surface area contributed by atoms with Crippen molar-refractivity contribution >= 4 is 6.03 Å². The van der Waals surface area contributed by atoms with Gasteiger partial charge in [-0.1, -0.05) is 24.3 Å². The van der Waals surface area contributed by atoms with Gasteiger partial charge in [0.25, 0.3) is 0 Å². The highest BCUT2D eigenvalue weighted by Gasteiger charge is 2.18. The average molecular weight is 324 g/mol. The third-order valence-corrected chi connectivity index (χ3v) is 4.43. The van der Waals surface area contributed by atoms with E-state index in [-0.39, 0.29) is 12.1 Å². The quantitative estimate of drug-likeness (QED) is 0.909. The predicted octanol–water partition coefficient (Wildman–Crippen LogP) is 2.64. The van der Waals surface area contributed by atoms with E-state index in [0.29, 0.717) is 6.54 Å². The Balaban J connectivity index is 1.52. The summed E-state index contributed by atoms with van der Waals surface area (Å²) in [6.07, 6.45) is 5.64. The van der Waals surface area contributed by atoms with Crippen LogP contribution < -0.4 is 10.6 Å². The van der Waals surface area contributed by atoms with Gasteiger partial charge in [0, 0.05) is 25.0 Å². The van der Waals surface area contributed by atoms with Gasteiger partial charge in [-0.15, -0.1) is 0 Å². The summed E-state index contributed by atoms with van der Waals surface area (Å²) in [4.78, 5) is 18.5. The molecule has 1 saturated heterocycles. The first-order valence-corrected chi connectivity index (χ1v) is 8.43. The summed E-state index contributed by atoms with van der Waals surface area (Å²) >= 11 is 0. The maximum atomic E-state index is 12.1. The Morgan fingerprint density at radius 3 is 2.75 bits per heavy atom. The topological polar surface area (TPSA) is 57.3 Å². The number of piperidine rings is 1. The van der Waals surface area contributed by atoms with E-state index in [1.165, 1.54) is 0 Å². The fraction of sp³-hybridized carbons (Fsp3) is 0.368. The molecule has 0 aliphatic carbocycles. The molecular weight excluding hydrogens is 300 g/mol. The molecule has 1 aromatic heterocycles. The van der Waals surface area contributed by atoms with E-state index >= 15 is 0 Å². The second-order valence-corrected chi connectivity index (χ2v) is 6.35. The molecular formula is C19H24N4O. The molecule has 2 N–H and O–H groups in total. The summed E-state index contributed by atoms with van der Waals surface area (Å²) in [7, 11) is 2.12. The highest BCUT2D eigenvalue weighted by atomic mass is 16.2. The number of nitrogens with zero attached hydrogens (tertiary/aromatic N) is 2. The molecule has 0 unspecified atom stereocenters. The molecule has 2 aromatic rings. The van der Waals surface area contributed by atoms with Crippen molar-refractivity contribution in [1.82, 2.24) is 20.5 Å². The van der Waals surface area contributed by atoms with Crippen LogP contribution in [0.5, 0.6) is 0 Å². The Morgan fingerprint density at radius 1 is 1.21 bits per heavy atom. The lowest BCUT2D eigenvalue weighted by atomic mass is 10.0. The number of aromatic nitrogens is 1. The summed E-state index contributed by atoms with van der Waals surface area (Å²) in [5, 5.41) is 6.03. The first-order valence-electron chi connectivity index (χ1n) is 8.43. The second-order valence-electron chi connectivity index (χ2n) is 6.35. The molecule has 1 aliphatic rings. The van der Waals surface area contributed by atoms with Crippen LogP contribution >= 0.6 is 0 Å². The molecule has 126 valence electrons. The Labute approximate surface area is 143 Å². The third kappa shape index (κ3) is 4.55. The Bertz CT molecular complexity index is 666. The Morgan fingerprint density at radius 2 is 2.00 bits per heavy atom. The molecule has 2 heterocycles. The molecule has 0 spiro atoms. The monoisotopic (exact) mass is 324 g/mol. The van der Waals surface area contributed by atoms with Crippen molar-refractivity contribution < 1.29 is 4.79 Å². The number of hydrogen-bond donors (Lipinski definition) is 2. The zero-order valence-corrected chi connectivity index (χ0v) is 14.0. The van der Waals surface area contributed by atoms with Crippen LogP contribution in [0.25, 0.3) is 11.1 Å². The molecule has 5 nitrogen and oxygen atoms in total. The van der Waals surface area contributed by atoms with Gasteiger partial charge < -0.3 is 15.5 Å². The third-order valence-electron chi connectivity index (χ3n) is 4.43. The van der Waals surface area contributed by atoms with Gasteiger partial charge in [0.2, 0.25) is 0 Å². The van der Waals surface area contributed by atoms with Gasteiger partial charge in [0.1, 0.15) is 0 Å². The highest BCUT2D eigenvalue weighted by Crippen LogP contribution is 2.19. The van der Waals surface area contributed by atoms with Gasteiger partial charge >= 0.3 is 6.03 Å². The number of likely N-dealkylation sites (tertiary alicyclic amines) is 1. The molecule has 2 amide bonds. The van der Waals surface area contributed by atoms with E-state index in [0.717, 1.165) is 42.6 Å². The Hall–Kier alpha value is -2.40. The van der Waals surface area contributed by atoms with Gasteiger partial charge in [0.15, 0.2) is 0 Å². The molecule has 0 atom stereocenters. The molecule has 5 heteroatoms. The van der Waals surface area contributed by atoms with Crippen molar-refractivity contribution in [2.75, 3.05) is 20.1 Å². The molecule has 1 aromatic carbocycles. The fourth-order valence-corrected chi connectivity index (χ4v) is 2.97. The number of carbonyl (C=O) groups excluding carboxylic acids is 1. The zero-order chi connectivity index (χ0) is 16.8. The van der Waals surface area contributed by atoms with Crippen LogP contribution in [0.15, 0.2) is 48.8 Å². The zero-order valence-electron chi connectivity index (χ0n) is 14.0. The molecule has 0 radical (unpaired) electrons. The minimum absolute atomic E-state index is 0.0867. The maximum Gasteiger partial charge on any atom is 0.315 e.